The van der Waals surface area contributed by atoms with Gasteiger partial charge in [0.2, 0.25) is 0 Å². The van der Waals surface area contributed by atoms with E-state index in [2.05, 4.69) is 239 Å². The predicted octanol–water partition coefficient (Wildman–Crippen LogP) is 15.3. The lowest BCUT2D eigenvalue weighted by Crippen LogP contribution is -2.61. The molecule has 0 saturated heterocycles. The summed E-state index contributed by atoms with van der Waals surface area (Å²) < 4.78 is 0. The average Bonchev–Trinajstić information content (AvgIpc) is 3.33. The van der Waals surface area contributed by atoms with E-state index in [4.69, 9.17) is 0 Å². The minimum atomic E-state index is -0.0386. The molecule has 13 rings (SSSR count). The summed E-state index contributed by atoms with van der Waals surface area (Å²) in [5.74, 6) is 0. The molecule has 0 atom stereocenters. The van der Waals surface area contributed by atoms with Crippen LogP contribution in [0.3, 0.4) is 0 Å². The van der Waals surface area contributed by atoms with Gasteiger partial charge >= 0.3 is 0 Å². The largest absolute Gasteiger partial charge is 0.311 e. The SMILES string of the molecule is CC(C)(C)c1ccc2c(c1)B1c3cc(C(C)(C)C)ccc3N(c3cccc4c5ccccc5c5ccccc5c34)c3cccc(c31)N2c1ccc2c3ccccc3c3ccccc3c2c1. The lowest BCUT2D eigenvalue weighted by molar-refractivity contribution is 0.590. The van der Waals surface area contributed by atoms with E-state index in [9.17, 15) is 0 Å². The highest BCUT2D eigenvalue weighted by Gasteiger charge is 2.44. The van der Waals surface area contributed by atoms with Crippen LogP contribution < -0.4 is 26.2 Å². The van der Waals surface area contributed by atoms with Crippen molar-refractivity contribution in [3.05, 3.63) is 199 Å². The van der Waals surface area contributed by atoms with Crippen molar-refractivity contribution in [3.8, 4) is 0 Å². The Hall–Kier alpha value is -7.36. The van der Waals surface area contributed by atoms with Gasteiger partial charge in [-0.25, -0.2) is 0 Å². The normalized spacial score (nSPS) is 13.6. The van der Waals surface area contributed by atoms with Crippen LogP contribution in [-0.4, -0.2) is 6.71 Å². The van der Waals surface area contributed by atoms with Crippen molar-refractivity contribution in [2.45, 2.75) is 52.4 Å². The molecule has 0 fully saturated rings. The standard InChI is InChI=1S/C62H49BN2/c1-61(2,3)38-29-33-54-52(35-38)63-53-36-39(62(4,5)6)30-34-55(53)65(56-26-15-25-50-46-21-11-9-20-44(46)45-22-13-14-24-49(45)59(50)56)58-28-16-27-57(60(58)63)64(54)40-31-32-48-43-19-8-7-17-41(43)42-18-10-12-23-47(42)51(48)37-40/h7-37H,1-6H3. The van der Waals surface area contributed by atoms with Gasteiger partial charge in [0.25, 0.3) is 6.71 Å². The van der Waals surface area contributed by atoms with Crippen LogP contribution in [0.15, 0.2) is 188 Å². The van der Waals surface area contributed by atoms with Crippen molar-refractivity contribution in [2.24, 2.45) is 0 Å². The zero-order valence-corrected chi connectivity index (χ0v) is 37.9. The third kappa shape index (κ3) is 5.48. The van der Waals surface area contributed by atoms with E-state index in [1.165, 1.54) is 121 Å². The highest BCUT2D eigenvalue weighted by molar-refractivity contribution is 7.00. The first kappa shape index (κ1) is 38.1. The molecule has 2 aliphatic heterocycles. The lowest BCUT2D eigenvalue weighted by Gasteiger charge is -2.45. The van der Waals surface area contributed by atoms with Gasteiger partial charge in [-0.3, -0.25) is 0 Å². The third-order valence-electron chi connectivity index (χ3n) is 14.7. The van der Waals surface area contributed by atoms with Crippen molar-refractivity contribution in [3.63, 3.8) is 0 Å². The molecule has 11 aromatic rings. The first-order valence-corrected chi connectivity index (χ1v) is 23.2. The van der Waals surface area contributed by atoms with E-state index in [0.717, 1.165) is 5.69 Å². The summed E-state index contributed by atoms with van der Waals surface area (Å²) in [6, 6.07) is 71.6. The molecule has 0 bridgehead atoms. The highest BCUT2D eigenvalue weighted by Crippen LogP contribution is 2.49. The first-order valence-electron chi connectivity index (χ1n) is 23.2. The Morgan fingerprint density at radius 1 is 0.308 bits per heavy atom. The minimum Gasteiger partial charge on any atom is -0.311 e. The van der Waals surface area contributed by atoms with Gasteiger partial charge in [0.1, 0.15) is 0 Å². The van der Waals surface area contributed by atoms with E-state index >= 15 is 0 Å². The van der Waals surface area contributed by atoms with Crippen molar-refractivity contribution in [2.75, 3.05) is 9.80 Å². The monoisotopic (exact) mass is 832 g/mol. The molecule has 0 amide bonds. The molecule has 0 N–H and O–H groups in total. The van der Waals surface area contributed by atoms with E-state index < -0.39 is 0 Å². The Balaban J connectivity index is 1.15. The number of rotatable bonds is 2. The first-order chi connectivity index (χ1) is 31.5. The molecule has 11 aromatic carbocycles. The second-order valence-electron chi connectivity index (χ2n) is 20.5. The van der Waals surface area contributed by atoms with Crippen molar-refractivity contribution >= 4 is 122 Å². The molecule has 65 heavy (non-hydrogen) atoms. The van der Waals surface area contributed by atoms with E-state index in [-0.39, 0.29) is 17.5 Å². The van der Waals surface area contributed by atoms with E-state index in [0.29, 0.717) is 0 Å². The maximum atomic E-state index is 2.61. The molecule has 0 aromatic heterocycles. The smallest absolute Gasteiger partial charge is 0.252 e. The number of fused-ring (bicyclic) bond motifs is 16. The van der Waals surface area contributed by atoms with Gasteiger partial charge in [-0.1, -0.05) is 187 Å². The summed E-state index contributed by atoms with van der Waals surface area (Å²) in [6.45, 7) is 14.1. The molecule has 0 aliphatic carbocycles. The summed E-state index contributed by atoms with van der Waals surface area (Å²) >= 11 is 0. The van der Waals surface area contributed by atoms with Crippen LogP contribution in [0.1, 0.15) is 52.7 Å². The van der Waals surface area contributed by atoms with Gasteiger partial charge in [0.05, 0.1) is 5.69 Å². The Morgan fingerprint density at radius 2 is 0.692 bits per heavy atom. The van der Waals surface area contributed by atoms with Crippen LogP contribution in [0.5, 0.6) is 0 Å². The van der Waals surface area contributed by atoms with Crippen LogP contribution in [0.25, 0.3) is 64.6 Å². The highest BCUT2D eigenvalue weighted by atomic mass is 15.2. The summed E-state index contributed by atoms with van der Waals surface area (Å²) in [7, 11) is 0. The van der Waals surface area contributed by atoms with E-state index in [1.807, 2.05) is 0 Å². The van der Waals surface area contributed by atoms with Gasteiger partial charge in [0, 0.05) is 33.8 Å². The van der Waals surface area contributed by atoms with Crippen LogP contribution in [-0.2, 0) is 10.8 Å². The number of hydrogen-bond acceptors (Lipinski definition) is 2. The van der Waals surface area contributed by atoms with Crippen molar-refractivity contribution in [1.29, 1.82) is 0 Å². The summed E-state index contributed by atoms with van der Waals surface area (Å²) in [4.78, 5) is 5.18. The molecule has 0 unspecified atom stereocenters. The number of hydrogen-bond donors (Lipinski definition) is 0. The average molecular weight is 833 g/mol. The Labute approximate surface area is 381 Å². The second-order valence-corrected chi connectivity index (χ2v) is 20.5. The fourth-order valence-electron chi connectivity index (χ4n) is 11.6. The molecular formula is C62H49BN2. The molecule has 0 radical (unpaired) electrons. The third-order valence-corrected chi connectivity index (χ3v) is 14.7. The second kappa shape index (κ2) is 13.6. The van der Waals surface area contributed by atoms with Gasteiger partial charge in [-0.15, -0.1) is 0 Å². The van der Waals surface area contributed by atoms with Crippen LogP contribution in [0.4, 0.5) is 34.1 Å². The molecular weight excluding hydrogens is 784 g/mol. The molecule has 0 spiro atoms. The Bertz CT molecular complexity index is 3750. The van der Waals surface area contributed by atoms with Gasteiger partial charge in [-0.05, 0) is 140 Å². The number of benzene rings is 11. The molecule has 310 valence electrons. The molecule has 2 aliphatic rings. The van der Waals surface area contributed by atoms with Gasteiger partial charge in [0.15, 0.2) is 0 Å². The number of anilines is 6. The fraction of sp³-hybridized carbons (Fsp3) is 0.129. The Morgan fingerprint density at radius 3 is 1.20 bits per heavy atom. The van der Waals surface area contributed by atoms with E-state index in [1.54, 1.807) is 0 Å². The van der Waals surface area contributed by atoms with Crippen molar-refractivity contribution in [1.82, 2.24) is 0 Å². The topological polar surface area (TPSA) is 6.48 Å². The number of nitrogens with zero attached hydrogens (tertiary/aromatic N) is 2. The summed E-state index contributed by atoms with van der Waals surface area (Å²) in [5.41, 5.74) is 13.9. The maximum absolute atomic E-state index is 2.61. The molecule has 3 heteroatoms. The minimum absolute atomic E-state index is 0.0149. The van der Waals surface area contributed by atoms with Gasteiger partial charge < -0.3 is 9.80 Å². The quantitative estimate of drug-likeness (QED) is 0.126. The zero-order valence-electron chi connectivity index (χ0n) is 37.9. The molecule has 2 heterocycles. The maximum Gasteiger partial charge on any atom is 0.252 e. The molecule has 2 nitrogen and oxygen atoms in total. The lowest BCUT2D eigenvalue weighted by atomic mass is 9.33. The van der Waals surface area contributed by atoms with Crippen molar-refractivity contribution < 1.29 is 0 Å². The predicted molar refractivity (Wildman–Crippen MR) is 283 cm³/mol. The van der Waals surface area contributed by atoms with Crippen LogP contribution in [0.2, 0.25) is 0 Å². The zero-order chi connectivity index (χ0) is 43.9. The summed E-state index contributed by atoms with van der Waals surface area (Å²) in [5, 5.41) is 15.4. The summed E-state index contributed by atoms with van der Waals surface area (Å²) in [6.07, 6.45) is 0. The fourth-order valence-corrected chi connectivity index (χ4v) is 11.6. The Kier molecular flexibility index (Phi) is 7.97. The van der Waals surface area contributed by atoms with Crippen LogP contribution >= 0.6 is 0 Å². The van der Waals surface area contributed by atoms with Gasteiger partial charge in [-0.2, -0.15) is 0 Å². The van der Waals surface area contributed by atoms with Crippen LogP contribution in [0, 0.1) is 0 Å². The molecule has 0 saturated carbocycles.